The lowest BCUT2D eigenvalue weighted by molar-refractivity contribution is -0.131. The van der Waals surface area contributed by atoms with Crippen LogP contribution in [0.2, 0.25) is 5.02 Å². The Labute approximate surface area is 220 Å². The Morgan fingerprint density at radius 2 is 1.78 bits per heavy atom. The largest absolute Gasteiger partial charge is 0.426 e. The van der Waals surface area contributed by atoms with Crippen molar-refractivity contribution in [2.75, 3.05) is 18.4 Å². The Kier molecular flexibility index (Phi) is 9.02. The Morgan fingerprint density at radius 1 is 1.05 bits per heavy atom. The molecule has 0 fully saturated rings. The first kappa shape index (κ1) is 27.8. The molecule has 0 spiro atoms. The first-order valence-electron chi connectivity index (χ1n) is 11.6. The highest BCUT2D eigenvalue weighted by molar-refractivity contribution is 6.31. The Bertz CT molecular complexity index is 1310. The van der Waals surface area contributed by atoms with Crippen LogP contribution in [0.15, 0.2) is 66.7 Å². The molecule has 0 aromatic heterocycles. The number of anilines is 1. The van der Waals surface area contributed by atoms with Crippen molar-refractivity contribution in [2.24, 2.45) is 11.1 Å². The van der Waals surface area contributed by atoms with Crippen molar-refractivity contribution < 1.29 is 23.5 Å². The number of nitrogens with one attached hydrogen (secondary N) is 1. The average molecular weight is 526 g/mol. The molecule has 0 atom stereocenters. The molecule has 194 valence electrons. The van der Waals surface area contributed by atoms with Crippen LogP contribution in [0.25, 0.3) is 0 Å². The molecule has 0 aliphatic heterocycles. The molecule has 0 heterocycles. The predicted molar refractivity (Wildman–Crippen MR) is 141 cm³/mol. The molecule has 3 aromatic rings. The van der Waals surface area contributed by atoms with E-state index in [2.05, 4.69) is 5.32 Å². The van der Waals surface area contributed by atoms with Crippen molar-refractivity contribution in [3.05, 3.63) is 94.3 Å². The average Bonchev–Trinajstić information content (AvgIpc) is 2.85. The van der Waals surface area contributed by atoms with Gasteiger partial charge in [-0.2, -0.15) is 0 Å². The summed E-state index contributed by atoms with van der Waals surface area (Å²) in [7, 11) is 0. The minimum Gasteiger partial charge on any atom is -0.426 e. The van der Waals surface area contributed by atoms with Gasteiger partial charge in [0, 0.05) is 36.3 Å². The van der Waals surface area contributed by atoms with Crippen molar-refractivity contribution in [1.82, 2.24) is 4.90 Å². The lowest BCUT2D eigenvalue weighted by Gasteiger charge is -2.32. The third kappa shape index (κ3) is 7.62. The van der Waals surface area contributed by atoms with E-state index in [0.29, 0.717) is 29.4 Å². The summed E-state index contributed by atoms with van der Waals surface area (Å²) in [4.78, 5) is 39.2. The van der Waals surface area contributed by atoms with E-state index in [1.165, 1.54) is 31.2 Å². The summed E-state index contributed by atoms with van der Waals surface area (Å²) >= 11 is 6.46. The molecule has 9 heteroatoms. The molecule has 3 aromatic carbocycles. The normalized spacial score (nSPS) is 11.1. The maximum atomic E-state index is 13.8. The second kappa shape index (κ2) is 12.0. The number of nitrogens with two attached hydrogens (primary N) is 1. The first-order chi connectivity index (χ1) is 17.5. The number of hydrogen-bond acceptors (Lipinski definition) is 5. The Balaban J connectivity index is 1.88. The fourth-order valence-electron chi connectivity index (χ4n) is 3.66. The van der Waals surface area contributed by atoms with Crippen molar-refractivity contribution in [3.63, 3.8) is 0 Å². The number of carbonyl (C=O) groups is 3. The number of rotatable bonds is 9. The molecule has 0 unspecified atom stereocenters. The summed E-state index contributed by atoms with van der Waals surface area (Å²) in [6, 6.07) is 16.8. The monoisotopic (exact) mass is 525 g/mol. The molecule has 0 saturated heterocycles. The number of esters is 1. The van der Waals surface area contributed by atoms with Gasteiger partial charge in [-0.3, -0.25) is 14.4 Å². The molecule has 3 rings (SSSR count). The lowest BCUT2D eigenvalue weighted by Crippen LogP contribution is -2.41. The van der Waals surface area contributed by atoms with Gasteiger partial charge in [0.25, 0.3) is 11.8 Å². The summed E-state index contributed by atoms with van der Waals surface area (Å²) in [5.74, 6) is -1.78. The third-order valence-corrected chi connectivity index (χ3v) is 5.95. The zero-order chi connectivity index (χ0) is 27.2. The number of ether oxygens (including phenoxy) is 1. The molecule has 0 aliphatic rings. The number of para-hydroxylation sites is 1. The van der Waals surface area contributed by atoms with Gasteiger partial charge in [0.15, 0.2) is 0 Å². The number of nitrogens with zero attached hydrogens (tertiary/aromatic N) is 1. The van der Waals surface area contributed by atoms with E-state index in [0.717, 1.165) is 0 Å². The first-order valence-corrected chi connectivity index (χ1v) is 12.0. The van der Waals surface area contributed by atoms with Crippen LogP contribution in [-0.4, -0.2) is 35.8 Å². The molecule has 0 bridgehead atoms. The Hall–Kier alpha value is -3.75. The van der Waals surface area contributed by atoms with Crippen LogP contribution >= 0.6 is 11.6 Å². The fraction of sp³-hybridized carbons (Fsp3) is 0.250. The van der Waals surface area contributed by atoms with Gasteiger partial charge < -0.3 is 20.7 Å². The standard InChI is InChI=1S/C28H29ClFN3O4/c1-18(34)37-25-10-5-4-9-23(25)26(35)32-22-11-12-24(29)20(14-22)15-33(17-28(2,3)16-31)27(36)19-7-6-8-21(30)13-19/h4-14H,15-17,31H2,1-3H3,(H,32,35). The van der Waals surface area contributed by atoms with Gasteiger partial charge in [-0.15, -0.1) is 0 Å². The van der Waals surface area contributed by atoms with Gasteiger partial charge in [0.1, 0.15) is 11.6 Å². The van der Waals surface area contributed by atoms with Crippen molar-refractivity contribution in [3.8, 4) is 5.75 Å². The molecule has 7 nitrogen and oxygen atoms in total. The third-order valence-electron chi connectivity index (χ3n) is 5.58. The minimum atomic E-state index is -0.544. The smallest absolute Gasteiger partial charge is 0.308 e. The zero-order valence-corrected chi connectivity index (χ0v) is 21.6. The summed E-state index contributed by atoms with van der Waals surface area (Å²) in [6.07, 6.45) is 0. The topological polar surface area (TPSA) is 102 Å². The molecule has 2 amide bonds. The minimum absolute atomic E-state index is 0.103. The van der Waals surface area contributed by atoms with E-state index in [4.69, 9.17) is 22.1 Å². The quantitative estimate of drug-likeness (QED) is 0.292. The number of halogens is 2. The lowest BCUT2D eigenvalue weighted by atomic mass is 9.92. The molecule has 37 heavy (non-hydrogen) atoms. The van der Waals surface area contributed by atoms with Crippen molar-refractivity contribution in [2.45, 2.75) is 27.3 Å². The van der Waals surface area contributed by atoms with Gasteiger partial charge in [-0.1, -0.05) is 43.6 Å². The van der Waals surface area contributed by atoms with E-state index in [-0.39, 0.29) is 29.3 Å². The second-order valence-electron chi connectivity index (χ2n) is 9.39. The van der Waals surface area contributed by atoms with E-state index < -0.39 is 23.1 Å². The highest BCUT2D eigenvalue weighted by atomic mass is 35.5. The van der Waals surface area contributed by atoms with E-state index in [1.807, 2.05) is 13.8 Å². The van der Waals surface area contributed by atoms with Gasteiger partial charge in [0.2, 0.25) is 0 Å². The van der Waals surface area contributed by atoms with Crippen LogP contribution in [0.1, 0.15) is 47.1 Å². The fourth-order valence-corrected chi connectivity index (χ4v) is 3.84. The number of carbonyl (C=O) groups excluding carboxylic acids is 3. The van der Waals surface area contributed by atoms with E-state index in [9.17, 15) is 18.8 Å². The van der Waals surface area contributed by atoms with Crippen molar-refractivity contribution >= 4 is 35.1 Å². The number of benzene rings is 3. The van der Waals surface area contributed by atoms with Gasteiger partial charge in [0.05, 0.1) is 5.56 Å². The van der Waals surface area contributed by atoms with Crippen LogP contribution in [0.4, 0.5) is 10.1 Å². The van der Waals surface area contributed by atoms with Gasteiger partial charge in [-0.05, 0) is 66.1 Å². The van der Waals surface area contributed by atoms with Crippen LogP contribution in [0.3, 0.4) is 0 Å². The van der Waals surface area contributed by atoms with Crippen LogP contribution in [-0.2, 0) is 11.3 Å². The predicted octanol–water partition coefficient (Wildman–Crippen LogP) is 5.28. The highest BCUT2D eigenvalue weighted by Crippen LogP contribution is 2.27. The Morgan fingerprint density at radius 3 is 2.46 bits per heavy atom. The summed E-state index contributed by atoms with van der Waals surface area (Å²) in [6.45, 7) is 5.83. The van der Waals surface area contributed by atoms with E-state index in [1.54, 1.807) is 47.4 Å². The molecule has 0 radical (unpaired) electrons. The summed E-state index contributed by atoms with van der Waals surface area (Å²) in [5, 5.41) is 3.17. The molecule has 0 saturated carbocycles. The van der Waals surface area contributed by atoms with E-state index >= 15 is 0 Å². The van der Waals surface area contributed by atoms with Crippen molar-refractivity contribution in [1.29, 1.82) is 0 Å². The van der Waals surface area contributed by atoms with Crippen LogP contribution in [0.5, 0.6) is 5.75 Å². The molecule has 3 N–H and O–H groups in total. The van der Waals surface area contributed by atoms with Gasteiger partial charge >= 0.3 is 5.97 Å². The molecular weight excluding hydrogens is 497 g/mol. The van der Waals surface area contributed by atoms with Crippen LogP contribution in [0, 0.1) is 11.2 Å². The maximum absolute atomic E-state index is 13.8. The summed E-state index contributed by atoms with van der Waals surface area (Å²) in [5.41, 5.74) is 6.89. The van der Waals surface area contributed by atoms with Gasteiger partial charge in [-0.25, -0.2) is 4.39 Å². The summed E-state index contributed by atoms with van der Waals surface area (Å²) < 4.78 is 19.0. The second-order valence-corrected chi connectivity index (χ2v) is 9.80. The number of amides is 2. The highest BCUT2D eigenvalue weighted by Gasteiger charge is 2.26. The SMILES string of the molecule is CC(=O)Oc1ccccc1C(=O)Nc1ccc(Cl)c(CN(CC(C)(C)CN)C(=O)c2cccc(F)c2)c1. The maximum Gasteiger partial charge on any atom is 0.308 e. The molecular formula is C28H29ClFN3O4. The molecule has 0 aliphatic carbocycles. The van der Waals surface area contributed by atoms with Crippen LogP contribution < -0.4 is 15.8 Å². The zero-order valence-electron chi connectivity index (χ0n) is 20.9. The number of hydrogen-bond donors (Lipinski definition) is 2.